The number of esters is 1. The van der Waals surface area contributed by atoms with Gasteiger partial charge in [-0.2, -0.15) is 0 Å². The van der Waals surface area contributed by atoms with E-state index in [0.717, 1.165) is 5.56 Å². The molecule has 2 N–H and O–H groups in total. The van der Waals surface area contributed by atoms with Crippen molar-refractivity contribution in [3.05, 3.63) is 70.3 Å². The Bertz CT molecular complexity index is 1120. The third-order valence-corrected chi connectivity index (χ3v) is 4.75. The number of para-hydroxylation sites is 2. The normalized spacial score (nSPS) is 12.0. The molecule has 30 heavy (non-hydrogen) atoms. The molecule has 0 fully saturated rings. The van der Waals surface area contributed by atoms with Gasteiger partial charge >= 0.3 is 5.97 Å². The Labute approximate surface area is 174 Å². The zero-order valence-electron chi connectivity index (χ0n) is 17.3. The second kappa shape index (κ2) is 9.35. The number of hydrogen-bond donors (Lipinski definition) is 2. The quantitative estimate of drug-likeness (QED) is 0.583. The molecule has 0 unspecified atom stereocenters. The Kier molecular flexibility index (Phi) is 6.61. The highest BCUT2D eigenvalue weighted by Gasteiger charge is 2.19. The van der Waals surface area contributed by atoms with Crippen molar-refractivity contribution in [3.8, 4) is 0 Å². The molecule has 0 aliphatic carbocycles. The third-order valence-electron chi connectivity index (χ3n) is 4.75. The molecule has 2 aromatic carbocycles. The molecule has 0 saturated carbocycles. The van der Waals surface area contributed by atoms with Crippen LogP contribution >= 0.6 is 0 Å². The Morgan fingerprint density at radius 1 is 1.07 bits per heavy atom. The Balaban J connectivity index is 1.57. The standard InChI is InChI=1S/C23H25N3O4/c1-14(2)16-8-4-6-10-18(16)25-22(28)15(3)30-21(27)13-12-20-24-19-11-7-5-9-17(19)23(29)26-20/h4-11,14-15H,12-13H2,1-3H3,(H,25,28)(H,24,26,29)/t15-/m0/s1. The molecule has 0 spiro atoms. The molecule has 7 heteroatoms. The van der Waals surface area contributed by atoms with Crippen molar-refractivity contribution in [2.75, 3.05) is 5.32 Å². The molecular weight excluding hydrogens is 382 g/mol. The Hall–Kier alpha value is -3.48. The van der Waals surface area contributed by atoms with E-state index in [1.54, 1.807) is 24.3 Å². The van der Waals surface area contributed by atoms with E-state index in [1.165, 1.54) is 6.92 Å². The van der Waals surface area contributed by atoms with Crippen molar-refractivity contribution in [2.45, 2.75) is 45.6 Å². The third kappa shape index (κ3) is 5.11. The van der Waals surface area contributed by atoms with Crippen molar-refractivity contribution in [1.29, 1.82) is 0 Å². The number of nitrogens with zero attached hydrogens (tertiary/aromatic N) is 1. The van der Waals surface area contributed by atoms with Gasteiger partial charge in [-0.25, -0.2) is 4.98 Å². The van der Waals surface area contributed by atoms with Crippen LogP contribution in [0.1, 0.15) is 44.5 Å². The van der Waals surface area contributed by atoms with Crippen molar-refractivity contribution in [3.63, 3.8) is 0 Å². The van der Waals surface area contributed by atoms with Gasteiger partial charge in [0.05, 0.1) is 17.3 Å². The van der Waals surface area contributed by atoms with Crippen LogP contribution in [-0.4, -0.2) is 27.9 Å². The number of hydrogen-bond acceptors (Lipinski definition) is 5. The molecular formula is C23H25N3O4. The number of aryl methyl sites for hydroxylation is 1. The van der Waals surface area contributed by atoms with E-state index in [4.69, 9.17) is 4.74 Å². The van der Waals surface area contributed by atoms with Crippen LogP contribution < -0.4 is 10.9 Å². The van der Waals surface area contributed by atoms with Crippen molar-refractivity contribution in [2.24, 2.45) is 0 Å². The van der Waals surface area contributed by atoms with Gasteiger partial charge in [-0.05, 0) is 36.6 Å². The summed E-state index contributed by atoms with van der Waals surface area (Å²) in [7, 11) is 0. The predicted octanol–water partition coefficient (Wildman–Crippen LogP) is 3.55. The average Bonchev–Trinajstić information content (AvgIpc) is 2.72. The number of amides is 1. The van der Waals surface area contributed by atoms with E-state index in [0.29, 0.717) is 22.4 Å². The average molecular weight is 407 g/mol. The van der Waals surface area contributed by atoms with Gasteiger partial charge in [0.15, 0.2) is 6.10 Å². The van der Waals surface area contributed by atoms with E-state index in [2.05, 4.69) is 15.3 Å². The zero-order valence-corrected chi connectivity index (χ0v) is 17.3. The van der Waals surface area contributed by atoms with E-state index < -0.39 is 18.0 Å². The van der Waals surface area contributed by atoms with Crippen molar-refractivity contribution in [1.82, 2.24) is 9.97 Å². The first-order valence-electron chi connectivity index (χ1n) is 9.92. The smallest absolute Gasteiger partial charge is 0.307 e. The first-order chi connectivity index (χ1) is 14.3. The van der Waals surface area contributed by atoms with Crippen LogP contribution in [0, 0.1) is 0 Å². The SMILES string of the molecule is CC(C)c1ccccc1NC(=O)[C@H](C)OC(=O)CCc1nc2ccccc2c(=O)[nH]1. The summed E-state index contributed by atoms with van der Waals surface area (Å²) < 4.78 is 5.25. The Morgan fingerprint density at radius 2 is 1.77 bits per heavy atom. The lowest BCUT2D eigenvalue weighted by molar-refractivity contribution is -0.153. The van der Waals surface area contributed by atoms with Crippen LogP contribution in [-0.2, 0) is 20.7 Å². The predicted molar refractivity (Wildman–Crippen MR) is 115 cm³/mol. The maximum atomic E-state index is 12.4. The molecule has 0 saturated heterocycles. The summed E-state index contributed by atoms with van der Waals surface area (Å²) in [5.41, 5.74) is 2.04. The van der Waals surface area contributed by atoms with Gasteiger partial charge in [-0.3, -0.25) is 14.4 Å². The van der Waals surface area contributed by atoms with Crippen LogP contribution in [0.4, 0.5) is 5.69 Å². The fourth-order valence-corrected chi connectivity index (χ4v) is 3.13. The molecule has 156 valence electrons. The summed E-state index contributed by atoms with van der Waals surface area (Å²) in [5.74, 6) is -0.283. The lowest BCUT2D eigenvalue weighted by Gasteiger charge is -2.17. The van der Waals surface area contributed by atoms with Crippen LogP contribution in [0.15, 0.2) is 53.3 Å². The number of carbonyl (C=O) groups is 2. The first-order valence-corrected chi connectivity index (χ1v) is 9.92. The molecule has 0 radical (unpaired) electrons. The summed E-state index contributed by atoms with van der Waals surface area (Å²) in [6, 6.07) is 14.5. The maximum absolute atomic E-state index is 12.4. The molecule has 0 aliphatic rings. The molecule has 0 bridgehead atoms. The molecule has 3 rings (SSSR count). The van der Waals surface area contributed by atoms with Crippen molar-refractivity contribution >= 4 is 28.5 Å². The summed E-state index contributed by atoms with van der Waals surface area (Å²) >= 11 is 0. The highest BCUT2D eigenvalue weighted by molar-refractivity contribution is 5.95. The van der Waals surface area contributed by atoms with Gasteiger partial charge in [0.25, 0.3) is 11.5 Å². The van der Waals surface area contributed by atoms with Gasteiger partial charge in [0.1, 0.15) is 5.82 Å². The van der Waals surface area contributed by atoms with Crippen LogP contribution in [0.25, 0.3) is 10.9 Å². The summed E-state index contributed by atoms with van der Waals surface area (Å²) in [5, 5.41) is 3.32. The number of aromatic amines is 1. The summed E-state index contributed by atoms with van der Waals surface area (Å²) in [6.45, 7) is 5.61. The molecule has 0 aliphatic heterocycles. The highest BCUT2D eigenvalue weighted by Crippen LogP contribution is 2.23. The maximum Gasteiger partial charge on any atom is 0.307 e. The summed E-state index contributed by atoms with van der Waals surface area (Å²) in [4.78, 5) is 43.8. The minimum Gasteiger partial charge on any atom is -0.453 e. The lowest BCUT2D eigenvalue weighted by atomic mass is 10.0. The molecule has 1 atom stereocenters. The zero-order chi connectivity index (χ0) is 21.7. The number of H-pyrrole nitrogens is 1. The fraction of sp³-hybridized carbons (Fsp3) is 0.304. The number of aromatic nitrogens is 2. The van der Waals surface area contributed by atoms with Gasteiger partial charge < -0.3 is 15.0 Å². The van der Waals surface area contributed by atoms with E-state index >= 15 is 0 Å². The van der Waals surface area contributed by atoms with Gasteiger partial charge in [-0.1, -0.05) is 44.2 Å². The van der Waals surface area contributed by atoms with Crippen LogP contribution in [0.2, 0.25) is 0 Å². The number of ether oxygens (including phenoxy) is 1. The monoisotopic (exact) mass is 407 g/mol. The van der Waals surface area contributed by atoms with Crippen LogP contribution in [0.3, 0.4) is 0 Å². The first kappa shape index (κ1) is 21.2. The van der Waals surface area contributed by atoms with E-state index in [-0.39, 0.29) is 24.3 Å². The lowest BCUT2D eigenvalue weighted by Crippen LogP contribution is -2.30. The Morgan fingerprint density at radius 3 is 2.53 bits per heavy atom. The number of rotatable bonds is 7. The summed E-state index contributed by atoms with van der Waals surface area (Å²) in [6.07, 6.45) is -0.730. The minimum atomic E-state index is -0.943. The number of nitrogens with one attached hydrogen (secondary N) is 2. The molecule has 1 aromatic heterocycles. The highest BCUT2D eigenvalue weighted by atomic mass is 16.5. The number of anilines is 1. The number of carbonyl (C=O) groups excluding carboxylic acids is 2. The molecule has 7 nitrogen and oxygen atoms in total. The van der Waals surface area contributed by atoms with Crippen LogP contribution in [0.5, 0.6) is 0 Å². The number of fused-ring (bicyclic) bond motifs is 1. The van der Waals surface area contributed by atoms with E-state index in [1.807, 2.05) is 38.1 Å². The molecule has 1 amide bonds. The number of benzene rings is 2. The molecule has 3 aromatic rings. The topological polar surface area (TPSA) is 101 Å². The van der Waals surface area contributed by atoms with Crippen molar-refractivity contribution < 1.29 is 14.3 Å². The fourth-order valence-electron chi connectivity index (χ4n) is 3.13. The minimum absolute atomic E-state index is 0.00147. The largest absolute Gasteiger partial charge is 0.453 e. The second-order valence-corrected chi connectivity index (χ2v) is 7.39. The van der Waals surface area contributed by atoms with Gasteiger partial charge in [0, 0.05) is 12.1 Å². The van der Waals surface area contributed by atoms with Gasteiger partial charge in [0.2, 0.25) is 0 Å². The van der Waals surface area contributed by atoms with Gasteiger partial charge in [-0.15, -0.1) is 0 Å². The van der Waals surface area contributed by atoms with E-state index in [9.17, 15) is 14.4 Å². The molecule has 1 heterocycles. The second-order valence-electron chi connectivity index (χ2n) is 7.39.